The molecular formula is C21H13NO. The van der Waals surface area contributed by atoms with Crippen LogP contribution in [0.15, 0.2) is 60.7 Å². The van der Waals surface area contributed by atoms with Crippen molar-refractivity contribution in [3.63, 3.8) is 0 Å². The number of nitriles is 1. The Morgan fingerprint density at radius 3 is 2.00 bits per heavy atom. The van der Waals surface area contributed by atoms with Crippen LogP contribution in [0.4, 0.5) is 0 Å². The second kappa shape index (κ2) is 8.04. The molecule has 23 heavy (non-hydrogen) atoms. The van der Waals surface area contributed by atoms with E-state index in [-0.39, 0.29) is 5.78 Å². The molecule has 2 rings (SSSR count). The van der Waals surface area contributed by atoms with Crippen LogP contribution in [-0.2, 0) is 0 Å². The zero-order chi connectivity index (χ0) is 16.5. The fourth-order valence-corrected chi connectivity index (χ4v) is 1.91. The normalized spacial score (nSPS) is 9.22. The Morgan fingerprint density at radius 1 is 0.870 bits per heavy atom. The van der Waals surface area contributed by atoms with Crippen LogP contribution >= 0.6 is 0 Å². The number of allylic oxidation sites excluding steroid dienone is 2. The van der Waals surface area contributed by atoms with Crippen molar-refractivity contribution in [1.82, 2.24) is 0 Å². The molecular weight excluding hydrogens is 282 g/mol. The van der Waals surface area contributed by atoms with Crippen molar-refractivity contribution in [1.29, 1.82) is 5.26 Å². The highest BCUT2D eigenvalue weighted by molar-refractivity contribution is 5.96. The Morgan fingerprint density at radius 2 is 1.39 bits per heavy atom. The molecule has 0 unspecified atom stereocenters. The number of benzene rings is 2. The highest BCUT2D eigenvalue weighted by Gasteiger charge is 2.02. The molecule has 2 nitrogen and oxygen atoms in total. The van der Waals surface area contributed by atoms with Gasteiger partial charge in [-0.25, -0.2) is 0 Å². The van der Waals surface area contributed by atoms with E-state index in [0.29, 0.717) is 22.3 Å². The molecule has 0 atom stereocenters. The van der Waals surface area contributed by atoms with Gasteiger partial charge in [0.15, 0.2) is 5.78 Å². The molecule has 108 valence electrons. The van der Waals surface area contributed by atoms with Crippen LogP contribution in [-0.4, -0.2) is 5.78 Å². The zero-order valence-corrected chi connectivity index (χ0v) is 12.6. The van der Waals surface area contributed by atoms with Gasteiger partial charge in [-0.05, 0) is 37.3 Å². The minimum atomic E-state index is -0.00761. The number of ketones is 1. The number of carbonyl (C=O) groups excluding carboxylic acids is 1. The molecule has 0 aliphatic carbocycles. The summed E-state index contributed by atoms with van der Waals surface area (Å²) in [4.78, 5) is 11.5. The van der Waals surface area contributed by atoms with Gasteiger partial charge in [0.25, 0.3) is 0 Å². The van der Waals surface area contributed by atoms with Crippen LogP contribution in [0.1, 0.15) is 34.0 Å². The lowest BCUT2D eigenvalue weighted by Gasteiger charge is -1.97. The van der Waals surface area contributed by atoms with E-state index in [0.717, 1.165) is 0 Å². The molecule has 0 aliphatic heterocycles. The lowest BCUT2D eigenvalue weighted by atomic mass is 10.1. The topological polar surface area (TPSA) is 40.9 Å². The Kier molecular flexibility index (Phi) is 5.54. The van der Waals surface area contributed by atoms with Gasteiger partial charge in [-0.3, -0.25) is 4.79 Å². The van der Waals surface area contributed by atoms with Gasteiger partial charge in [-0.1, -0.05) is 54.0 Å². The number of Topliss-reactive ketones (excluding diaryl/α,β-unsaturated/α-hetero) is 1. The van der Waals surface area contributed by atoms with Gasteiger partial charge in [0.2, 0.25) is 0 Å². The van der Waals surface area contributed by atoms with E-state index in [1.54, 1.807) is 36.4 Å². The van der Waals surface area contributed by atoms with Crippen molar-refractivity contribution in [3.8, 4) is 29.8 Å². The van der Waals surface area contributed by atoms with Gasteiger partial charge in [0.1, 0.15) is 6.07 Å². The molecule has 0 saturated heterocycles. The van der Waals surface area contributed by atoms with E-state index in [4.69, 9.17) is 5.26 Å². The largest absolute Gasteiger partial charge is 0.294 e. The highest BCUT2D eigenvalue weighted by atomic mass is 16.1. The van der Waals surface area contributed by atoms with Crippen molar-refractivity contribution in [2.24, 2.45) is 0 Å². The zero-order valence-electron chi connectivity index (χ0n) is 12.6. The van der Waals surface area contributed by atoms with Crippen LogP contribution < -0.4 is 0 Å². The predicted molar refractivity (Wildman–Crippen MR) is 90.5 cm³/mol. The summed E-state index contributed by atoms with van der Waals surface area (Å²) in [5.41, 5.74) is 2.55. The summed E-state index contributed by atoms with van der Waals surface area (Å²) < 4.78 is 0. The fraction of sp³-hybridized carbons (Fsp3) is 0.0476. The minimum Gasteiger partial charge on any atom is -0.294 e. The first-order chi connectivity index (χ1) is 11.2. The molecule has 0 N–H and O–H groups in total. The lowest BCUT2D eigenvalue weighted by molar-refractivity contribution is 0.101. The Hall–Kier alpha value is -3.54. The Balaban J connectivity index is 2.12. The van der Waals surface area contributed by atoms with Crippen LogP contribution in [0.2, 0.25) is 0 Å². The second-order valence-electron chi connectivity index (χ2n) is 4.63. The van der Waals surface area contributed by atoms with Crippen molar-refractivity contribution >= 4 is 5.78 Å². The van der Waals surface area contributed by atoms with Crippen molar-refractivity contribution in [2.75, 3.05) is 0 Å². The molecule has 0 bridgehead atoms. The number of nitrogens with zero attached hydrogens (tertiary/aromatic N) is 1. The van der Waals surface area contributed by atoms with Gasteiger partial charge in [0, 0.05) is 16.7 Å². The smallest absolute Gasteiger partial charge is 0.161 e. The van der Waals surface area contributed by atoms with E-state index in [1.807, 2.05) is 24.3 Å². The van der Waals surface area contributed by atoms with Gasteiger partial charge >= 0.3 is 0 Å². The molecule has 0 heterocycles. The monoisotopic (exact) mass is 295 g/mol. The van der Waals surface area contributed by atoms with E-state index < -0.39 is 0 Å². The maximum absolute atomic E-state index is 11.5. The predicted octanol–water partition coefficient (Wildman–Crippen LogP) is 3.72. The second-order valence-corrected chi connectivity index (χ2v) is 4.63. The number of hydrogen-bond acceptors (Lipinski definition) is 2. The number of carbonyl (C=O) groups is 1. The van der Waals surface area contributed by atoms with E-state index in [1.165, 1.54) is 6.92 Å². The van der Waals surface area contributed by atoms with E-state index in [9.17, 15) is 4.79 Å². The summed E-state index contributed by atoms with van der Waals surface area (Å²) in [6.45, 7) is 1.52. The summed E-state index contributed by atoms with van der Waals surface area (Å²) in [5, 5.41) is 8.97. The molecule has 2 aromatic carbocycles. The first-order valence-corrected chi connectivity index (χ1v) is 6.99. The molecule has 2 aromatic rings. The minimum absolute atomic E-state index is 0.00761. The maximum atomic E-state index is 11.5. The average molecular weight is 295 g/mol. The van der Waals surface area contributed by atoms with Gasteiger partial charge < -0.3 is 0 Å². The van der Waals surface area contributed by atoms with Crippen molar-refractivity contribution < 1.29 is 4.79 Å². The van der Waals surface area contributed by atoms with Crippen molar-refractivity contribution in [3.05, 3.63) is 82.9 Å². The maximum Gasteiger partial charge on any atom is 0.161 e. The van der Waals surface area contributed by atoms with Crippen LogP contribution in [0.3, 0.4) is 0 Å². The number of hydrogen-bond donors (Lipinski definition) is 0. The van der Waals surface area contributed by atoms with E-state index >= 15 is 0 Å². The SMILES string of the molecule is CC(=O)c1ccccc1C#CC=CC#Cc1ccccc1C#N. The molecule has 0 radical (unpaired) electrons. The molecule has 0 aromatic heterocycles. The molecule has 0 saturated carbocycles. The lowest BCUT2D eigenvalue weighted by Crippen LogP contribution is -1.95. The number of rotatable bonds is 1. The average Bonchev–Trinajstić information content (AvgIpc) is 2.58. The molecule has 0 fully saturated rings. The molecule has 0 spiro atoms. The quantitative estimate of drug-likeness (QED) is 0.594. The molecule has 2 heteroatoms. The van der Waals surface area contributed by atoms with E-state index in [2.05, 4.69) is 29.8 Å². The van der Waals surface area contributed by atoms with Crippen LogP contribution in [0.5, 0.6) is 0 Å². The van der Waals surface area contributed by atoms with Crippen LogP contribution in [0.25, 0.3) is 0 Å². The summed E-state index contributed by atoms with van der Waals surface area (Å²) in [6.07, 6.45) is 3.25. The van der Waals surface area contributed by atoms with Gasteiger partial charge in [0.05, 0.1) is 5.56 Å². The summed E-state index contributed by atoms with van der Waals surface area (Å²) in [6, 6.07) is 16.5. The summed E-state index contributed by atoms with van der Waals surface area (Å²) in [7, 11) is 0. The third-order valence-corrected chi connectivity index (χ3v) is 3.02. The Labute approximate surface area is 136 Å². The van der Waals surface area contributed by atoms with Crippen molar-refractivity contribution in [2.45, 2.75) is 6.92 Å². The highest BCUT2D eigenvalue weighted by Crippen LogP contribution is 2.07. The molecule has 0 aliphatic rings. The first kappa shape index (κ1) is 15.8. The standard InChI is InChI=1S/C21H13NO/c1-17(23)21-15-9-8-13-19(21)12-5-3-2-4-10-18-11-6-7-14-20(18)16-22/h2-3,6-9,11,13-15H,1H3. The Bertz CT molecular complexity index is 922. The van der Waals surface area contributed by atoms with Gasteiger partial charge in [-0.15, -0.1) is 0 Å². The first-order valence-electron chi connectivity index (χ1n) is 6.99. The fourth-order valence-electron chi connectivity index (χ4n) is 1.91. The molecule has 0 amide bonds. The van der Waals surface area contributed by atoms with Crippen LogP contribution in [0, 0.1) is 35.0 Å². The summed E-state index contributed by atoms with van der Waals surface area (Å²) >= 11 is 0. The third kappa shape index (κ3) is 4.47. The summed E-state index contributed by atoms with van der Waals surface area (Å²) in [5.74, 6) is 11.6. The van der Waals surface area contributed by atoms with Gasteiger partial charge in [-0.2, -0.15) is 5.26 Å². The third-order valence-electron chi connectivity index (χ3n) is 3.02.